The standard InChI is InChI=1S/C11H13NO4/c1-3-16-11(13)8(2)9-5-4-6-10(7-9)12(14)15/h4-8H,3H2,1-2H3. The van der Waals surface area contributed by atoms with Crippen LogP contribution in [-0.2, 0) is 9.53 Å². The second-order valence-corrected chi connectivity index (χ2v) is 3.33. The number of rotatable bonds is 4. The van der Waals surface area contributed by atoms with Crippen LogP contribution in [0.1, 0.15) is 25.3 Å². The summed E-state index contributed by atoms with van der Waals surface area (Å²) < 4.78 is 4.85. The van der Waals surface area contributed by atoms with Gasteiger partial charge < -0.3 is 4.74 Å². The lowest BCUT2D eigenvalue weighted by Gasteiger charge is -2.10. The number of nitro benzene ring substituents is 1. The molecule has 0 aliphatic carbocycles. The quantitative estimate of drug-likeness (QED) is 0.446. The van der Waals surface area contributed by atoms with Gasteiger partial charge in [-0.2, -0.15) is 0 Å². The third kappa shape index (κ3) is 2.79. The van der Waals surface area contributed by atoms with Crippen molar-refractivity contribution < 1.29 is 14.5 Å². The van der Waals surface area contributed by atoms with E-state index in [0.717, 1.165) is 0 Å². The molecule has 1 rings (SSSR count). The van der Waals surface area contributed by atoms with Gasteiger partial charge in [0.1, 0.15) is 0 Å². The molecule has 0 saturated heterocycles. The predicted octanol–water partition coefficient (Wildman–Crippen LogP) is 2.26. The Hall–Kier alpha value is -1.91. The summed E-state index contributed by atoms with van der Waals surface area (Å²) in [5.41, 5.74) is 0.571. The normalized spacial score (nSPS) is 11.9. The van der Waals surface area contributed by atoms with E-state index in [1.54, 1.807) is 26.0 Å². The molecule has 0 N–H and O–H groups in total. The minimum Gasteiger partial charge on any atom is -0.466 e. The van der Waals surface area contributed by atoms with Gasteiger partial charge in [-0.3, -0.25) is 14.9 Å². The van der Waals surface area contributed by atoms with Crippen molar-refractivity contribution in [1.29, 1.82) is 0 Å². The van der Waals surface area contributed by atoms with E-state index in [4.69, 9.17) is 4.74 Å². The molecule has 0 bridgehead atoms. The van der Waals surface area contributed by atoms with Gasteiger partial charge in [0.2, 0.25) is 0 Å². The van der Waals surface area contributed by atoms with Gasteiger partial charge in [-0.25, -0.2) is 0 Å². The topological polar surface area (TPSA) is 69.4 Å². The number of carbonyl (C=O) groups excluding carboxylic acids is 1. The van der Waals surface area contributed by atoms with Crippen LogP contribution < -0.4 is 0 Å². The van der Waals surface area contributed by atoms with Gasteiger partial charge >= 0.3 is 5.97 Å². The first-order valence-electron chi connectivity index (χ1n) is 4.97. The Kier molecular flexibility index (Phi) is 3.99. The van der Waals surface area contributed by atoms with E-state index in [1.807, 2.05) is 0 Å². The highest BCUT2D eigenvalue weighted by Crippen LogP contribution is 2.21. The lowest BCUT2D eigenvalue weighted by atomic mass is 10.0. The first-order valence-corrected chi connectivity index (χ1v) is 4.97. The summed E-state index contributed by atoms with van der Waals surface area (Å²) in [6.07, 6.45) is 0. The largest absolute Gasteiger partial charge is 0.466 e. The molecule has 1 aromatic rings. The number of esters is 1. The van der Waals surface area contributed by atoms with Crippen molar-refractivity contribution in [1.82, 2.24) is 0 Å². The average molecular weight is 223 g/mol. The van der Waals surface area contributed by atoms with Crippen LogP contribution in [0.2, 0.25) is 0 Å². The molecule has 0 aromatic heterocycles. The Bertz CT molecular complexity index is 403. The summed E-state index contributed by atoms with van der Waals surface area (Å²) in [6.45, 7) is 3.69. The van der Waals surface area contributed by atoms with Crippen LogP contribution in [0.25, 0.3) is 0 Å². The van der Waals surface area contributed by atoms with Crippen LogP contribution in [0.3, 0.4) is 0 Å². The predicted molar refractivity (Wildman–Crippen MR) is 58.1 cm³/mol. The molecule has 1 unspecified atom stereocenters. The van der Waals surface area contributed by atoms with E-state index in [9.17, 15) is 14.9 Å². The molecule has 0 fully saturated rings. The Morgan fingerprint density at radius 2 is 2.25 bits per heavy atom. The molecule has 0 aliphatic heterocycles. The zero-order valence-corrected chi connectivity index (χ0v) is 9.17. The highest BCUT2D eigenvalue weighted by atomic mass is 16.6. The lowest BCUT2D eigenvalue weighted by molar-refractivity contribution is -0.384. The molecular formula is C11H13NO4. The van der Waals surface area contributed by atoms with Gasteiger partial charge in [-0.15, -0.1) is 0 Å². The second-order valence-electron chi connectivity index (χ2n) is 3.33. The smallest absolute Gasteiger partial charge is 0.313 e. The maximum Gasteiger partial charge on any atom is 0.313 e. The highest BCUT2D eigenvalue weighted by Gasteiger charge is 2.18. The summed E-state index contributed by atoms with van der Waals surface area (Å²) in [5.74, 6) is -0.858. The lowest BCUT2D eigenvalue weighted by Crippen LogP contribution is -2.13. The van der Waals surface area contributed by atoms with Crippen LogP contribution in [-0.4, -0.2) is 17.5 Å². The number of benzene rings is 1. The van der Waals surface area contributed by atoms with Crippen molar-refractivity contribution in [3.8, 4) is 0 Å². The zero-order valence-electron chi connectivity index (χ0n) is 9.17. The van der Waals surface area contributed by atoms with E-state index in [1.165, 1.54) is 12.1 Å². The van der Waals surface area contributed by atoms with Crippen LogP contribution in [0, 0.1) is 10.1 Å². The number of carbonyl (C=O) groups is 1. The molecule has 1 aromatic carbocycles. The van der Waals surface area contributed by atoms with Crippen molar-refractivity contribution in [2.45, 2.75) is 19.8 Å². The Labute approximate surface area is 93.2 Å². The fourth-order valence-electron chi connectivity index (χ4n) is 1.31. The molecule has 1 atom stereocenters. The van der Waals surface area contributed by atoms with Crippen LogP contribution in [0.4, 0.5) is 5.69 Å². The van der Waals surface area contributed by atoms with Crippen molar-refractivity contribution in [3.63, 3.8) is 0 Å². The zero-order chi connectivity index (χ0) is 12.1. The molecule has 5 nitrogen and oxygen atoms in total. The molecule has 5 heteroatoms. The van der Waals surface area contributed by atoms with Crippen molar-refractivity contribution >= 4 is 11.7 Å². The first-order chi connectivity index (χ1) is 7.56. The van der Waals surface area contributed by atoms with E-state index in [0.29, 0.717) is 12.2 Å². The molecule has 0 amide bonds. The van der Waals surface area contributed by atoms with Crippen molar-refractivity contribution in [2.75, 3.05) is 6.61 Å². The summed E-state index contributed by atoms with van der Waals surface area (Å²) in [6, 6.07) is 6.01. The fraction of sp³-hybridized carbons (Fsp3) is 0.364. The summed E-state index contributed by atoms with van der Waals surface area (Å²) in [7, 11) is 0. The van der Waals surface area contributed by atoms with Gasteiger partial charge in [0.05, 0.1) is 17.4 Å². The first kappa shape index (κ1) is 12.2. The molecule has 0 spiro atoms. The van der Waals surface area contributed by atoms with Gasteiger partial charge in [0.15, 0.2) is 0 Å². The van der Waals surface area contributed by atoms with E-state index in [-0.39, 0.29) is 11.7 Å². The van der Waals surface area contributed by atoms with E-state index in [2.05, 4.69) is 0 Å². The number of non-ortho nitro benzene ring substituents is 1. The highest BCUT2D eigenvalue weighted by molar-refractivity contribution is 5.77. The van der Waals surface area contributed by atoms with Gasteiger partial charge in [0, 0.05) is 12.1 Å². The monoisotopic (exact) mass is 223 g/mol. The number of hydrogen-bond acceptors (Lipinski definition) is 4. The third-order valence-corrected chi connectivity index (χ3v) is 2.22. The molecule has 16 heavy (non-hydrogen) atoms. The van der Waals surface area contributed by atoms with Crippen LogP contribution >= 0.6 is 0 Å². The molecule has 0 saturated carbocycles. The summed E-state index contributed by atoms with van der Waals surface area (Å²) in [4.78, 5) is 21.5. The number of nitrogens with zero attached hydrogens (tertiary/aromatic N) is 1. The van der Waals surface area contributed by atoms with Gasteiger partial charge in [-0.1, -0.05) is 12.1 Å². The maximum absolute atomic E-state index is 11.4. The van der Waals surface area contributed by atoms with Gasteiger partial charge in [0.25, 0.3) is 5.69 Å². The maximum atomic E-state index is 11.4. The Morgan fingerprint density at radius 1 is 1.56 bits per heavy atom. The van der Waals surface area contributed by atoms with E-state index < -0.39 is 10.8 Å². The Morgan fingerprint density at radius 3 is 2.81 bits per heavy atom. The van der Waals surface area contributed by atoms with E-state index >= 15 is 0 Å². The number of ether oxygens (including phenoxy) is 1. The van der Waals surface area contributed by atoms with Crippen LogP contribution in [0.5, 0.6) is 0 Å². The SMILES string of the molecule is CCOC(=O)C(C)c1cccc([N+](=O)[O-])c1. The molecular weight excluding hydrogens is 210 g/mol. The summed E-state index contributed by atoms with van der Waals surface area (Å²) in [5, 5.41) is 10.6. The Balaban J connectivity index is 2.91. The average Bonchev–Trinajstić information content (AvgIpc) is 2.28. The third-order valence-electron chi connectivity index (χ3n) is 2.22. The number of nitro groups is 1. The number of hydrogen-bond donors (Lipinski definition) is 0. The fourth-order valence-corrected chi connectivity index (χ4v) is 1.31. The van der Waals surface area contributed by atoms with Crippen molar-refractivity contribution in [3.05, 3.63) is 39.9 Å². The minimum atomic E-state index is -0.486. The minimum absolute atomic E-state index is 0.0198. The second kappa shape index (κ2) is 5.25. The van der Waals surface area contributed by atoms with Crippen LogP contribution in [0.15, 0.2) is 24.3 Å². The van der Waals surface area contributed by atoms with Crippen molar-refractivity contribution in [2.24, 2.45) is 0 Å². The molecule has 0 radical (unpaired) electrons. The molecule has 86 valence electrons. The molecule has 0 heterocycles. The van der Waals surface area contributed by atoms with Gasteiger partial charge in [-0.05, 0) is 19.4 Å². The molecule has 0 aliphatic rings. The summed E-state index contributed by atoms with van der Waals surface area (Å²) >= 11 is 0.